The van der Waals surface area contributed by atoms with Gasteiger partial charge >= 0.3 is 0 Å². The van der Waals surface area contributed by atoms with Gasteiger partial charge in [0, 0.05) is 43.6 Å². The van der Waals surface area contributed by atoms with Gasteiger partial charge in [0.05, 0.1) is 10.4 Å². The van der Waals surface area contributed by atoms with E-state index < -0.39 is 0 Å². The quantitative estimate of drug-likeness (QED) is 0.350. The van der Waals surface area contributed by atoms with Gasteiger partial charge in [0.25, 0.3) is 5.56 Å². The van der Waals surface area contributed by atoms with E-state index in [-0.39, 0.29) is 11.0 Å². The summed E-state index contributed by atoms with van der Waals surface area (Å²) < 4.78 is 1.62. The predicted molar refractivity (Wildman–Crippen MR) is 147 cm³/mol. The molecule has 0 unspecified atom stereocenters. The number of rotatable bonds is 5. The fraction of sp³-hybridized carbons (Fsp3) is 0.429. The third kappa shape index (κ3) is 4.34. The highest BCUT2D eigenvalue weighted by molar-refractivity contribution is 6.35. The number of nitrogens with one attached hydrogen (secondary N) is 1. The Labute approximate surface area is 212 Å². The number of H-pyrrole nitrogens is 1. The Balaban J connectivity index is 0.000000917. The number of nitrogens with two attached hydrogens (primary N) is 1. The zero-order chi connectivity index (χ0) is 25.4. The lowest BCUT2D eigenvalue weighted by molar-refractivity contribution is 0.173. The average molecular weight is 494 g/mol. The summed E-state index contributed by atoms with van der Waals surface area (Å²) >= 11 is 6.54. The number of benzene rings is 1. The van der Waals surface area contributed by atoms with Gasteiger partial charge in [-0.3, -0.25) is 14.4 Å². The van der Waals surface area contributed by atoms with Gasteiger partial charge in [-0.2, -0.15) is 0 Å². The van der Waals surface area contributed by atoms with Crippen LogP contribution in [0.4, 0.5) is 0 Å². The molecule has 2 heterocycles. The summed E-state index contributed by atoms with van der Waals surface area (Å²) in [5.74, 6) is 1.01. The van der Waals surface area contributed by atoms with Crippen molar-refractivity contribution < 1.29 is 0 Å². The van der Waals surface area contributed by atoms with Crippen molar-refractivity contribution in [2.24, 2.45) is 16.1 Å². The highest BCUT2D eigenvalue weighted by Gasteiger charge is 2.63. The van der Waals surface area contributed by atoms with Crippen LogP contribution in [0.1, 0.15) is 57.2 Å². The molecular formula is C28H36ClN5O. The van der Waals surface area contributed by atoms with E-state index in [0.29, 0.717) is 27.9 Å². The van der Waals surface area contributed by atoms with Crippen LogP contribution in [-0.4, -0.2) is 34.4 Å². The molecule has 3 aromatic rings. The summed E-state index contributed by atoms with van der Waals surface area (Å²) in [5, 5.41) is 1.21. The maximum absolute atomic E-state index is 13.3. The predicted octanol–water partition coefficient (Wildman–Crippen LogP) is 5.76. The summed E-state index contributed by atoms with van der Waals surface area (Å²) in [6.07, 6.45) is 9.46. The number of aliphatic imine (C=N–C) groups is 1. The Bertz CT molecular complexity index is 1320. The molecule has 2 saturated carbocycles. The lowest BCUT2D eigenvalue weighted by Crippen LogP contribution is -2.53. The van der Waals surface area contributed by atoms with Crippen molar-refractivity contribution >= 4 is 28.3 Å². The van der Waals surface area contributed by atoms with Gasteiger partial charge in [0.2, 0.25) is 0 Å². The minimum absolute atomic E-state index is 0.143. The van der Waals surface area contributed by atoms with Crippen LogP contribution in [0.25, 0.3) is 16.6 Å². The van der Waals surface area contributed by atoms with E-state index in [4.69, 9.17) is 17.3 Å². The molecule has 1 aromatic carbocycles. The zero-order valence-corrected chi connectivity index (χ0v) is 22.0. The van der Waals surface area contributed by atoms with E-state index in [0.717, 1.165) is 30.1 Å². The number of halogens is 1. The van der Waals surface area contributed by atoms with Gasteiger partial charge in [-0.05, 0) is 61.1 Å². The molecule has 5 rings (SSSR count). The standard InChI is InChI=1S/C25H28ClN5O.C3H8/c1-4-30(3)23(28-2)25(14-24(15-25)8-9-24)16-6-5-7-18(10-16)31-13-20(26)19-11-17(12-27)29-21(19)22(31)32;1-3-2/h4-7,10-11,13,29H,1,8-9,12,14-15,27H2,2-3H3;3H2,1-2H3. The number of amidine groups is 1. The SMILES string of the molecule is C=CN(C)C(=NC)C1(c2cccc(-n3cc(Cl)c4cc(CN)[nH]c4c3=O)c2)CC2(CC2)C1.CCC. The Morgan fingerprint density at radius 2 is 2.00 bits per heavy atom. The number of nitrogens with zero attached hydrogens (tertiary/aromatic N) is 3. The summed E-state index contributed by atoms with van der Waals surface area (Å²) in [6, 6.07) is 10.0. The molecule has 3 N–H and O–H groups in total. The molecule has 6 nitrogen and oxygen atoms in total. The summed E-state index contributed by atoms with van der Waals surface area (Å²) in [7, 11) is 3.84. The summed E-state index contributed by atoms with van der Waals surface area (Å²) in [6.45, 7) is 8.51. The average Bonchev–Trinajstić information content (AvgIpc) is 3.50. The molecule has 1 spiro atoms. The van der Waals surface area contributed by atoms with Crippen LogP contribution in [0.2, 0.25) is 5.02 Å². The number of hydrogen-bond acceptors (Lipinski definition) is 3. The maximum Gasteiger partial charge on any atom is 0.279 e. The third-order valence-corrected chi connectivity index (χ3v) is 7.56. The van der Waals surface area contributed by atoms with E-state index in [1.165, 1.54) is 24.8 Å². The van der Waals surface area contributed by atoms with E-state index in [9.17, 15) is 4.79 Å². The number of fused-ring (bicyclic) bond motifs is 1. The fourth-order valence-corrected chi connectivity index (χ4v) is 5.78. The molecule has 2 aromatic heterocycles. The van der Waals surface area contributed by atoms with Gasteiger partial charge in [0.15, 0.2) is 0 Å². The first-order valence-electron chi connectivity index (χ1n) is 12.3. The van der Waals surface area contributed by atoms with Crippen molar-refractivity contribution in [2.45, 2.75) is 57.9 Å². The Kier molecular flexibility index (Phi) is 6.98. The molecule has 7 heteroatoms. The summed E-state index contributed by atoms with van der Waals surface area (Å²) in [5.41, 5.74) is 9.09. The number of pyridine rings is 1. The molecule has 186 valence electrons. The Morgan fingerprint density at radius 1 is 1.31 bits per heavy atom. The van der Waals surface area contributed by atoms with Crippen LogP contribution in [0.5, 0.6) is 0 Å². The van der Waals surface area contributed by atoms with Gasteiger partial charge < -0.3 is 15.6 Å². The second-order valence-electron chi connectivity index (χ2n) is 9.97. The smallest absolute Gasteiger partial charge is 0.279 e. The zero-order valence-electron chi connectivity index (χ0n) is 21.2. The number of aromatic amines is 1. The first kappa shape index (κ1) is 25.3. The Hall–Kier alpha value is -2.83. The molecule has 2 fully saturated rings. The molecule has 0 atom stereocenters. The maximum atomic E-state index is 13.3. The monoisotopic (exact) mass is 493 g/mol. The van der Waals surface area contributed by atoms with Crippen LogP contribution >= 0.6 is 11.6 Å². The van der Waals surface area contributed by atoms with Gasteiger partial charge in [0.1, 0.15) is 11.4 Å². The topological polar surface area (TPSA) is 79.4 Å². The molecular weight excluding hydrogens is 458 g/mol. The highest BCUT2D eigenvalue weighted by atomic mass is 35.5. The fourth-order valence-electron chi connectivity index (χ4n) is 5.53. The lowest BCUT2D eigenvalue weighted by atomic mass is 9.55. The number of hydrogen-bond donors (Lipinski definition) is 2. The van der Waals surface area contributed by atoms with Crippen molar-refractivity contribution in [3.05, 3.63) is 75.9 Å². The Morgan fingerprint density at radius 3 is 2.57 bits per heavy atom. The minimum Gasteiger partial charge on any atom is -0.353 e. The molecule has 0 amide bonds. The molecule has 0 radical (unpaired) electrons. The van der Waals surface area contributed by atoms with Gasteiger partial charge in [-0.25, -0.2) is 0 Å². The van der Waals surface area contributed by atoms with E-state index in [1.807, 2.05) is 43.4 Å². The first-order valence-corrected chi connectivity index (χ1v) is 12.7. The second kappa shape index (κ2) is 9.67. The lowest BCUT2D eigenvalue weighted by Gasteiger charge is -2.51. The minimum atomic E-state index is -0.180. The van der Waals surface area contributed by atoms with Crippen LogP contribution in [0, 0.1) is 5.41 Å². The third-order valence-electron chi connectivity index (χ3n) is 7.26. The van der Waals surface area contributed by atoms with Gasteiger partial charge in [-0.15, -0.1) is 0 Å². The first-order chi connectivity index (χ1) is 16.8. The number of likely N-dealkylation sites (N-methyl/N-ethyl adjacent to an activating group) is 1. The van der Waals surface area contributed by atoms with E-state index >= 15 is 0 Å². The molecule has 0 aliphatic heterocycles. The van der Waals surface area contributed by atoms with Crippen LogP contribution in [-0.2, 0) is 12.0 Å². The normalized spacial score (nSPS) is 17.5. The van der Waals surface area contributed by atoms with Crippen LogP contribution in [0.3, 0.4) is 0 Å². The highest BCUT2D eigenvalue weighted by Crippen LogP contribution is 2.69. The molecule has 0 bridgehead atoms. The van der Waals surface area contributed by atoms with Crippen molar-refractivity contribution in [2.75, 3.05) is 14.1 Å². The molecule has 2 aliphatic rings. The van der Waals surface area contributed by atoms with Gasteiger partial charge in [-0.1, -0.05) is 50.6 Å². The van der Waals surface area contributed by atoms with Crippen LogP contribution < -0.4 is 11.3 Å². The second-order valence-corrected chi connectivity index (χ2v) is 10.4. The van der Waals surface area contributed by atoms with E-state index in [2.05, 4.69) is 42.5 Å². The van der Waals surface area contributed by atoms with Crippen molar-refractivity contribution in [3.63, 3.8) is 0 Å². The molecule has 2 aliphatic carbocycles. The molecule has 35 heavy (non-hydrogen) atoms. The van der Waals surface area contributed by atoms with Crippen molar-refractivity contribution in [1.82, 2.24) is 14.5 Å². The summed E-state index contributed by atoms with van der Waals surface area (Å²) in [4.78, 5) is 23.1. The van der Waals surface area contributed by atoms with E-state index in [1.54, 1.807) is 10.8 Å². The number of aromatic nitrogens is 2. The largest absolute Gasteiger partial charge is 0.353 e. The van der Waals surface area contributed by atoms with Crippen LogP contribution in [0.15, 0.2) is 59.1 Å². The van der Waals surface area contributed by atoms with Crippen molar-refractivity contribution in [3.8, 4) is 5.69 Å². The van der Waals surface area contributed by atoms with Crippen molar-refractivity contribution in [1.29, 1.82) is 0 Å². The molecule has 0 saturated heterocycles.